The van der Waals surface area contributed by atoms with Crippen LogP contribution in [0.5, 0.6) is 0 Å². The molecule has 0 amide bonds. The van der Waals surface area contributed by atoms with Crippen LogP contribution in [0.15, 0.2) is 42.7 Å². The molecule has 104 valence electrons. The number of piperazine rings is 1. The van der Waals surface area contributed by atoms with Gasteiger partial charge in [0.15, 0.2) is 0 Å². The third-order valence-electron chi connectivity index (χ3n) is 3.82. The van der Waals surface area contributed by atoms with Crippen LogP contribution >= 0.6 is 0 Å². The molecule has 1 aliphatic heterocycles. The van der Waals surface area contributed by atoms with Crippen molar-refractivity contribution in [2.45, 2.75) is 13.3 Å². The Bertz CT molecular complexity index is 530. The van der Waals surface area contributed by atoms with E-state index in [0.717, 1.165) is 38.5 Å². The molecule has 0 atom stereocenters. The smallest absolute Gasteiger partial charge is 0.225 e. The molecule has 2 aromatic rings. The molecule has 0 N–H and O–H groups in total. The van der Waals surface area contributed by atoms with Crippen molar-refractivity contribution >= 4 is 11.6 Å². The van der Waals surface area contributed by atoms with E-state index in [-0.39, 0.29) is 0 Å². The molecular weight excluding hydrogens is 248 g/mol. The molecule has 1 aromatic carbocycles. The number of anilines is 2. The van der Waals surface area contributed by atoms with Crippen molar-refractivity contribution in [3.63, 3.8) is 0 Å². The van der Waals surface area contributed by atoms with Crippen LogP contribution < -0.4 is 9.80 Å². The van der Waals surface area contributed by atoms with Crippen LogP contribution in [-0.4, -0.2) is 36.1 Å². The molecule has 0 unspecified atom stereocenters. The fourth-order valence-corrected chi connectivity index (χ4v) is 2.56. The van der Waals surface area contributed by atoms with Crippen molar-refractivity contribution in [1.29, 1.82) is 0 Å². The summed E-state index contributed by atoms with van der Waals surface area (Å²) in [5.41, 5.74) is 2.71. The highest BCUT2D eigenvalue weighted by molar-refractivity contribution is 5.49. The van der Waals surface area contributed by atoms with Gasteiger partial charge in [-0.15, -0.1) is 0 Å². The third-order valence-corrected chi connectivity index (χ3v) is 3.82. The summed E-state index contributed by atoms with van der Waals surface area (Å²) >= 11 is 0. The summed E-state index contributed by atoms with van der Waals surface area (Å²) in [4.78, 5) is 13.3. The molecule has 0 saturated carbocycles. The van der Waals surface area contributed by atoms with Crippen LogP contribution in [0.25, 0.3) is 0 Å². The van der Waals surface area contributed by atoms with Gasteiger partial charge in [-0.05, 0) is 30.2 Å². The molecule has 2 heterocycles. The van der Waals surface area contributed by atoms with E-state index in [1.165, 1.54) is 11.3 Å². The molecule has 4 heteroatoms. The van der Waals surface area contributed by atoms with Crippen molar-refractivity contribution in [2.75, 3.05) is 36.0 Å². The maximum absolute atomic E-state index is 4.32. The van der Waals surface area contributed by atoms with Gasteiger partial charge < -0.3 is 9.80 Å². The summed E-state index contributed by atoms with van der Waals surface area (Å²) in [5, 5.41) is 0. The Kier molecular flexibility index (Phi) is 3.81. The molecule has 20 heavy (non-hydrogen) atoms. The summed E-state index contributed by atoms with van der Waals surface area (Å²) < 4.78 is 0. The lowest BCUT2D eigenvalue weighted by molar-refractivity contribution is 0.640. The van der Waals surface area contributed by atoms with E-state index in [9.17, 15) is 0 Å². The molecule has 3 rings (SSSR count). The standard InChI is InChI=1S/C16H20N4/c1-2-14-4-6-15(7-5-14)19-10-12-20(13-11-19)16-17-8-3-9-18-16/h3-9H,2,10-13H2,1H3. The first-order chi connectivity index (χ1) is 9.86. The Balaban J connectivity index is 1.63. The summed E-state index contributed by atoms with van der Waals surface area (Å²) in [5.74, 6) is 0.841. The molecule has 1 aromatic heterocycles. The highest BCUT2D eigenvalue weighted by Crippen LogP contribution is 2.19. The summed E-state index contributed by atoms with van der Waals surface area (Å²) in [6.45, 7) is 6.17. The zero-order valence-corrected chi connectivity index (χ0v) is 11.9. The molecule has 4 nitrogen and oxygen atoms in total. The molecule has 0 bridgehead atoms. The average Bonchev–Trinajstić information content (AvgIpc) is 2.56. The van der Waals surface area contributed by atoms with Crippen LogP contribution in [0.3, 0.4) is 0 Å². The van der Waals surface area contributed by atoms with Gasteiger partial charge in [-0.2, -0.15) is 0 Å². The van der Waals surface area contributed by atoms with Crippen molar-refractivity contribution in [1.82, 2.24) is 9.97 Å². The molecule has 0 aliphatic carbocycles. The Morgan fingerprint density at radius 1 is 0.900 bits per heavy atom. The number of rotatable bonds is 3. The van der Waals surface area contributed by atoms with Gasteiger partial charge in [0.05, 0.1) is 0 Å². The van der Waals surface area contributed by atoms with Gasteiger partial charge in [0, 0.05) is 44.3 Å². The summed E-state index contributed by atoms with van der Waals surface area (Å²) in [7, 11) is 0. The van der Waals surface area contributed by atoms with E-state index in [1.54, 1.807) is 12.4 Å². The van der Waals surface area contributed by atoms with Crippen LogP contribution in [-0.2, 0) is 6.42 Å². The monoisotopic (exact) mass is 268 g/mol. The lowest BCUT2D eigenvalue weighted by Gasteiger charge is -2.36. The van der Waals surface area contributed by atoms with Crippen molar-refractivity contribution in [3.05, 3.63) is 48.3 Å². The van der Waals surface area contributed by atoms with E-state index >= 15 is 0 Å². The van der Waals surface area contributed by atoms with Gasteiger partial charge in [-0.1, -0.05) is 19.1 Å². The number of hydrogen-bond donors (Lipinski definition) is 0. The van der Waals surface area contributed by atoms with Crippen LogP contribution in [0.1, 0.15) is 12.5 Å². The zero-order chi connectivity index (χ0) is 13.8. The van der Waals surface area contributed by atoms with Gasteiger partial charge in [-0.25, -0.2) is 9.97 Å². The number of benzene rings is 1. The predicted octanol–water partition coefficient (Wildman–Crippen LogP) is 2.37. The van der Waals surface area contributed by atoms with E-state index in [4.69, 9.17) is 0 Å². The second-order valence-corrected chi connectivity index (χ2v) is 5.04. The van der Waals surface area contributed by atoms with Gasteiger partial charge in [0.25, 0.3) is 0 Å². The number of nitrogens with zero attached hydrogens (tertiary/aromatic N) is 4. The highest BCUT2D eigenvalue weighted by atomic mass is 15.3. The van der Waals surface area contributed by atoms with Crippen LogP contribution in [0, 0.1) is 0 Å². The molecule has 0 spiro atoms. The second-order valence-electron chi connectivity index (χ2n) is 5.04. The minimum atomic E-state index is 0.841. The first-order valence-corrected chi connectivity index (χ1v) is 7.22. The first kappa shape index (κ1) is 12.9. The minimum absolute atomic E-state index is 0.841. The zero-order valence-electron chi connectivity index (χ0n) is 11.9. The van der Waals surface area contributed by atoms with Gasteiger partial charge >= 0.3 is 0 Å². The van der Waals surface area contributed by atoms with Gasteiger partial charge in [0.1, 0.15) is 0 Å². The molecule has 1 saturated heterocycles. The van der Waals surface area contributed by atoms with E-state index in [0.29, 0.717) is 0 Å². The fourth-order valence-electron chi connectivity index (χ4n) is 2.56. The van der Waals surface area contributed by atoms with Crippen LogP contribution in [0.4, 0.5) is 11.6 Å². The van der Waals surface area contributed by atoms with Crippen molar-refractivity contribution in [3.8, 4) is 0 Å². The maximum Gasteiger partial charge on any atom is 0.225 e. The topological polar surface area (TPSA) is 32.3 Å². The summed E-state index contributed by atoms with van der Waals surface area (Å²) in [6.07, 6.45) is 4.70. The first-order valence-electron chi connectivity index (χ1n) is 7.22. The third kappa shape index (κ3) is 2.74. The van der Waals surface area contributed by atoms with Crippen LogP contribution in [0.2, 0.25) is 0 Å². The normalized spacial score (nSPS) is 15.4. The molecular formula is C16H20N4. The summed E-state index contributed by atoms with van der Waals surface area (Å²) in [6, 6.07) is 10.8. The van der Waals surface area contributed by atoms with Crippen molar-refractivity contribution < 1.29 is 0 Å². The number of hydrogen-bond acceptors (Lipinski definition) is 4. The molecule has 1 aliphatic rings. The SMILES string of the molecule is CCc1ccc(N2CCN(c3ncccn3)CC2)cc1. The van der Waals surface area contributed by atoms with Gasteiger partial charge in [-0.3, -0.25) is 0 Å². The van der Waals surface area contributed by atoms with Crippen molar-refractivity contribution in [2.24, 2.45) is 0 Å². The highest BCUT2D eigenvalue weighted by Gasteiger charge is 2.18. The lowest BCUT2D eigenvalue weighted by Crippen LogP contribution is -2.47. The maximum atomic E-state index is 4.32. The molecule has 0 radical (unpaired) electrons. The predicted molar refractivity (Wildman–Crippen MR) is 82.3 cm³/mol. The number of aromatic nitrogens is 2. The van der Waals surface area contributed by atoms with E-state index in [1.807, 2.05) is 6.07 Å². The Morgan fingerprint density at radius 3 is 2.10 bits per heavy atom. The fraction of sp³-hybridized carbons (Fsp3) is 0.375. The minimum Gasteiger partial charge on any atom is -0.368 e. The average molecular weight is 268 g/mol. The Labute approximate surface area is 120 Å². The Hall–Kier alpha value is -2.10. The molecule has 1 fully saturated rings. The van der Waals surface area contributed by atoms with Gasteiger partial charge in [0.2, 0.25) is 5.95 Å². The Morgan fingerprint density at radius 2 is 1.50 bits per heavy atom. The quantitative estimate of drug-likeness (QED) is 0.855. The number of aryl methyl sites for hydroxylation is 1. The van der Waals surface area contributed by atoms with E-state index < -0.39 is 0 Å². The lowest BCUT2D eigenvalue weighted by atomic mass is 10.1. The van der Waals surface area contributed by atoms with E-state index in [2.05, 4.69) is 51.0 Å². The largest absolute Gasteiger partial charge is 0.368 e. The second kappa shape index (κ2) is 5.90.